The number of benzene rings is 1. The first-order valence-corrected chi connectivity index (χ1v) is 7.52. The molecule has 21 heavy (non-hydrogen) atoms. The van der Waals surface area contributed by atoms with Gasteiger partial charge in [0.15, 0.2) is 0 Å². The molecule has 0 aliphatic rings. The fourth-order valence-electron chi connectivity index (χ4n) is 1.75. The second-order valence-electron chi connectivity index (χ2n) is 4.62. The molecule has 0 unspecified atom stereocenters. The minimum Gasteiger partial charge on any atom is -0.423 e. The SMILES string of the molecule is CCCNCc1cnc(Oc2ccc(Cl)cc2Cl)nc1C. The van der Waals surface area contributed by atoms with Gasteiger partial charge in [-0.15, -0.1) is 0 Å². The first kappa shape index (κ1) is 16.0. The Kier molecular flexibility index (Phi) is 5.79. The molecule has 0 radical (unpaired) electrons. The molecule has 1 aromatic heterocycles. The molecule has 0 saturated heterocycles. The Morgan fingerprint density at radius 1 is 1.29 bits per heavy atom. The zero-order valence-electron chi connectivity index (χ0n) is 12.0. The number of rotatable bonds is 6. The van der Waals surface area contributed by atoms with E-state index in [0.29, 0.717) is 15.8 Å². The van der Waals surface area contributed by atoms with E-state index in [2.05, 4.69) is 22.2 Å². The van der Waals surface area contributed by atoms with E-state index >= 15 is 0 Å². The van der Waals surface area contributed by atoms with Crippen molar-refractivity contribution in [2.45, 2.75) is 26.8 Å². The van der Waals surface area contributed by atoms with Crippen LogP contribution in [-0.4, -0.2) is 16.5 Å². The lowest BCUT2D eigenvalue weighted by molar-refractivity contribution is 0.439. The summed E-state index contributed by atoms with van der Waals surface area (Å²) in [6, 6.07) is 5.29. The fraction of sp³-hybridized carbons (Fsp3) is 0.333. The monoisotopic (exact) mass is 325 g/mol. The zero-order chi connectivity index (χ0) is 15.2. The summed E-state index contributed by atoms with van der Waals surface area (Å²) >= 11 is 11.9. The van der Waals surface area contributed by atoms with E-state index in [0.717, 1.165) is 30.8 Å². The zero-order valence-corrected chi connectivity index (χ0v) is 13.5. The summed E-state index contributed by atoms with van der Waals surface area (Å²) in [6.45, 7) is 5.78. The predicted octanol–water partition coefficient (Wildman–Crippen LogP) is 4.38. The van der Waals surface area contributed by atoms with Crippen LogP contribution in [-0.2, 0) is 6.54 Å². The summed E-state index contributed by atoms with van der Waals surface area (Å²) in [5, 5.41) is 4.31. The van der Waals surface area contributed by atoms with Crippen LogP contribution in [0.25, 0.3) is 0 Å². The van der Waals surface area contributed by atoms with Crippen molar-refractivity contribution in [2.24, 2.45) is 0 Å². The van der Waals surface area contributed by atoms with Gasteiger partial charge in [-0.2, -0.15) is 4.98 Å². The molecule has 0 saturated carbocycles. The van der Waals surface area contributed by atoms with Crippen molar-refractivity contribution in [2.75, 3.05) is 6.54 Å². The summed E-state index contributed by atoms with van der Waals surface area (Å²) in [4.78, 5) is 8.56. The van der Waals surface area contributed by atoms with Crippen molar-refractivity contribution in [3.63, 3.8) is 0 Å². The molecule has 112 valence electrons. The van der Waals surface area contributed by atoms with Gasteiger partial charge in [0.1, 0.15) is 5.75 Å². The molecule has 0 amide bonds. The molecular weight excluding hydrogens is 309 g/mol. The Hall–Kier alpha value is -1.36. The number of hydrogen-bond donors (Lipinski definition) is 1. The van der Waals surface area contributed by atoms with Gasteiger partial charge in [-0.05, 0) is 38.1 Å². The number of halogens is 2. The minimum absolute atomic E-state index is 0.274. The first-order valence-electron chi connectivity index (χ1n) is 6.76. The summed E-state index contributed by atoms with van der Waals surface area (Å²) in [5.74, 6) is 0.484. The number of aromatic nitrogens is 2. The van der Waals surface area contributed by atoms with Gasteiger partial charge >= 0.3 is 6.01 Å². The van der Waals surface area contributed by atoms with Gasteiger partial charge in [0, 0.05) is 29.0 Å². The predicted molar refractivity (Wildman–Crippen MR) is 85.3 cm³/mol. The number of ether oxygens (including phenoxy) is 1. The molecule has 1 N–H and O–H groups in total. The standard InChI is InChI=1S/C15H17Cl2N3O/c1-3-6-18-8-11-9-19-15(20-10(11)2)21-14-5-4-12(16)7-13(14)17/h4-5,7,9,18H,3,6,8H2,1-2H3. The van der Waals surface area contributed by atoms with Crippen LogP contribution < -0.4 is 10.1 Å². The molecular formula is C15H17Cl2N3O. The van der Waals surface area contributed by atoms with E-state index in [1.54, 1.807) is 24.4 Å². The van der Waals surface area contributed by atoms with Crippen LogP contribution in [0.3, 0.4) is 0 Å². The Morgan fingerprint density at radius 3 is 2.76 bits per heavy atom. The molecule has 2 aromatic rings. The van der Waals surface area contributed by atoms with E-state index < -0.39 is 0 Å². The van der Waals surface area contributed by atoms with Gasteiger partial charge in [-0.1, -0.05) is 30.1 Å². The van der Waals surface area contributed by atoms with Crippen LogP contribution in [0.4, 0.5) is 0 Å². The largest absolute Gasteiger partial charge is 0.423 e. The quantitative estimate of drug-likeness (QED) is 0.800. The summed E-state index contributed by atoms with van der Waals surface area (Å²) in [5.41, 5.74) is 1.94. The normalized spacial score (nSPS) is 10.7. The second-order valence-corrected chi connectivity index (χ2v) is 5.46. The van der Waals surface area contributed by atoms with Crippen molar-refractivity contribution < 1.29 is 4.74 Å². The molecule has 1 heterocycles. The molecule has 2 rings (SSSR count). The number of aryl methyl sites for hydroxylation is 1. The smallest absolute Gasteiger partial charge is 0.322 e. The van der Waals surface area contributed by atoms with Gasteiger partial charge in [0.25, 0.3) is 0 Å². The molecule has 0 bridgehead atoms. The van der Waals surface area contributed by atoms with Gasteiger partial charge < -0.3 is 10.1 Å². The second kappa shape index (κ2) is 7.59. The average molecular weight is 326 g/mol. The van der Waals surface area contributed by atoms with Gasteiger partial charge in [-0.3, -0.25) is 0 Å². The lowest BCUT2D eigenvalue weighted by Gasteiger charge is -2.09. The van der Waals surface area contributed by atoms with Gasteiger partial charge in [0.2, 0.25) is 0 Å². The van der Waals surface area contributed by atoms with E-state index in [-0.39, 0.29) is 6.01 Å². The van der Waals surface area contributed by atoms with Crippen LogP contribution in [0.15, 0.2) is 24.4 Å². The van der Waals surface area contributed by atoms with Crippen LogP contribution in [0.1, 0.15) is 24.6 Å². The molecule has 1 aromatic carbocycles. The molecule has 0 atom stereocenters. The first-order chi connectivity index (χ1) is 10.1. The highest BCUT2D eigenvalue weighted by Crippen LogP contribution is 2.30. The van der Waals surface area contributed by atoms with E-state index in [1.807, 2.05) is 6.92 Å². The summed E-state index contributed by atoms with van der Waals surface area (Å²) in [6.07, 6.45) is 2.86. The van der Waals surface area contributed by atoms with Crippen LogP contribution in [0, 0.1) is 6.92 Å². The third kappa shape index (κ3) is 4.56. The van der Waals surface area contributed by atoms with Gasteiger partial charge in [0.05, 0.1) is 5.02 Å². The maximum Gasteiger partial charge on any atom is 0.322 e. The average Bonchev–Trinajstić information content (AvgIpc) is 2.44. The van der Waals surface area contributed by atoms with E-state index in [9.17, 15) is 0 Å². The maximum absolute atomic E-state index is 6.06. The molecule has 6 heteroatoms. The van der Waals surface area contributed by atoms with Crippen LogP contribution in [0.2, 0.25) is 10.0 Å². The molecule has 0 spiro atoms. The third-order valence-electron chi connectivity index (χ3n) is 2.90. The Bertz CT molecular complexity index is 620. The highest BCUT2D eigenvalue weighted by molar-refractivity contribution is 6.35. The minimum atomic E-state index is 0.274. The number of nitrogens with zero attached hydrogens (tertiary/aromatic N) is 2. The van der Waals surface area contributed by atoms with Crippen molar-refractivity contribution in [3.8, 4) is 11.8 Å². The molecule has 0 aliphatic carbocycles. The van der Waals surface area contributed by atoms with E-state index in [4.69, 9.17) is 27.9 Å². The Balaban J connectivity index is 2.09. The fourth-order valence-corrected chi connectivity index (χ4v) is 2.20. The number of nitrogens with one attached hydrogen (secondary N) is 1. The Labute approximate surface area is 134 Å². The van der Waals surface area contributed by atoms with E-state index in [1.165, 1.54) is 0 Å². The van der Waals surface area contributed by atoms with Crippen LogP contribution >= 0.6 is 23.2 Å². The molecule has 4 nitrogen and oxygen atoms in total. The topological polar surface area (TPSA) is 47.0 Å². The lowest BCUT2D eigenvalue weighted by atomic mass is 10.2. The molecule has 0 fully saturated rings. The summed E-state index contributed by atoms with van der Waals surface area (Å²) < 4.78 is 5.59. The van der Waals surface area contributed by atoms with Crippen molar-refractivity contribution in [1.29, 1.82) is 0 Å². The maximum atomic E-state index is 6.06. The van der Waals surface area contributed by atoms with Crippen molar-refractivity contribution >= 4 is 23.2 Å². The lowest BCUT2D eigenvalue weighted by Crippen LogP contribution is -2.15. The third-order valence-corrected chi connectivity index (χ3v) is 3.43. The Morgan fingerprint density at radius 2 is 2.10 bits per heavy atom. The summed E-state index contributed by atoms with van der Waals surface area (Å²) in [7, 11) is 0. The van der Waals surface area contributed by atoms with Crippen molar-refractivity contribution in [3.05, 3.63) is 45.7 Å². The molecule has 0 aliphatic heterocycles. The van der Waals surface area contributed by atoms with Crippen molar-refractivity contribution in [1.82, 2.24) is 15.3 Å². The van der Waals surface area contributed by atoms with Gasteiger partial charge in [-0.25, -0.2) is 4.98 Å². The van der Waals surface area contributed by atoms with Crippen LogP contribution in [0.5, 0.6) is 11.8 Å². The highest BCUT2D eigenvalue weighted by Gasteiger charge is 2.08. The highest BCUT2D eigenvalue weighted by atomic mass is 35.5. The number of hydrogen-bond acceptors (Lipinski definition) is 4.